The van der Waals surface area contributed by atoms with Crippen molar-refractivity contribution in [3.8, 4) is 11.5 Å². The molecule has 5 nitrogen and oxygen atoms in total. The van der Waals surface area contributed by atoms with Crippen LogP contribution in [0.3, 0.4) is 0 Å². The summed E-state index contributed by atoms with van der Waals surface area (Å²) >= 11 is 0. The van der Waals surface area contributed by atoms with Gasteiger partial charge in [-0.2, -0.15) is 0 Å². The highest BCUT2D eigenvalue weighted by Crippen LogP contribution is 2.40. The van der Waals surface area contributed by atoms with Crippen molar-refractivity contribution in [1.29, 1.82) is 0 Å². The van der Waals surface area contributed by atoms with Gasteiger partial charge in [-0.1, -0.05) is 31.2 Å². The Balaban J connectivity index is 2.14. The van der Waals surface area contributed by atoms with Gasteiger partial charge in [-0.25, -0.2) is 0 Å². The van der Waals surface area contributed by atoms with Crippen LogP contribution in [0.1, 0.15) is 42.4 Å². The van der Waals surface area contributed by atoms with E-state index < -0.39 is 6.17 Å². The fourth-order valence-corrected chi connectivity index (χ4v) is 2.92. The van der Waals surface area contributed by atoms with Gasteiger partial charge in [0.05, 0.1) is 5.56 Å². The maximum atomic E-state index is 12.9. The number of carbonyl (C=O) groups excluding carboxylic acids is 1. The molecule has 1 heterocycles. The Morgan fingerprint density at radius 3 is 2.65 bits per heavy atom. The molecule has 2 aromatic rings. The zero-order chi connectivity index (χ0) is 16.6. The van der Waals surface area contributed by atoms with Crippen LogP contribution in [0, 0.1) is 0 Å². The number of rotatable bonds is 3. The standard InChI is InChI=1S/C18H20N2O3/c1-3-11(2)20-17(13-8-6-10-15(21)16(13)22)19-14-9-5-4-7-12(14)18(20)23/h4-11,17,19,21-22H,3H2,1-2H3/t11-,17-/m1/s1. The van der Waals surface area contributed by atoms with Crippen LogP contribution in [-0.4, -0.2) is 27.1 Å². The van der Waals surface area contributed by atoms with Crippen LogP contribution in [0.15, 0.2) is 42.5 Å². The Bertz CT molecular complexity index is 745. The molecule has 0 spiro atoms. The van der Waals surface area contributed by atoms with E-state index in [-0.39, 0.29) is 23.4 Å². The van der Waals surface area contributed by atoms with Crippen LogP contribution in [0.2, 0.25) is 0 Å². The van der Waals surface area contributed by atoms with Gasteiger partial charge in [0.25, 0.3) is 5.91 Å². The monoisotopic (exact) mass is 312 g/mol. The van der Waals surface area contributed by atoms with Gasteiger partial charge in [0.15, 0.2) is 11.5 Å². The quantitative estimate of drug-likeness (QED) is 0.759. The second-order valence-electron chi connectivity index (χ2n) is 5.78. The lowest BCUT2D eigenvalue weighted by atomic mass is 10.00. The van der Waals surface area contributed by atoms with Crippen LogP contribution < -0.4 is 5.32 Å². The molecule has 0 fully saturated rings. The molecule has 0 aromatic heterocycles. The van der Waals surface area contributed by atoms with E-state index in [1.165, 1.54) is 6.07 Å². The molecule has 0 unspecified atom stereocenters. The van der Waals surface area contributed by atoms with E-state index in [1.54, 1.807) is 23.1 Å². The zero-order valence-electron chi connectivity index (χ0n) is 13.2. The molecule has 2 aromatic carbocycles. The lowest BCUT2D eigenvalue weighted by Gasteiger charge is -2.41. The Labute approximate surface area is 135 Å². The number of fused-ring (bicyclic) bond motifs is 1. The molecule has 3 rings (SSSR count). The number of para-hydroxylation sites is 2. The molecular weight excluding hydrogens is 292 g/mol. The molecule has 1 amide bonds. The van der Waals surface area contributed by atoms with Crippen LogP contribution in [0.25, 0.3) is 0 Å². The first-order chi connectivity index (χ1) is 11.0. The summed E-state index contributed by atoms with van der Waals surface area (Å²) in [6.45, 7) is 3.98. The van der Waals surface area contributed by atoms with Crippen molar-refractivity contribution in [2.24, 2.45) is 0 Å². The van der Waals surface area contributed by atoms with Gasteiger partial charge in [0.1, 0.15) is 6.17 Å². The second-order valence-corrected chi connectivity index (χ2v) is 5.78. The number of phenolic OH excluding ortho intramolecular Hbond substituents is 2. The Kier molecular flexibility index (Phi) is 3.86. The normalized spacial score (nSPS) is 18.3. The highest BCUT2D eigenvalue weighted by molar-refractivity contribution is 6.02. The predicted molar refractivity (Wildman–Crippen MR) is 88.5 cm³/mol. The maximum Gasteiger partial charge on any atom is 0.258 e. The van der Waals surface area contributed by atoms with Gasteiger partial charge >= 0.3 is 0 Å². The van der Waals surface area contributed by atoms with E-state index in [4.69, 9.17) is 0 Å². The molecule has 5 heteroatoms. The third-order valence-corrected chi connectivity index (χ3v) is 4.37. The molecular formula is C18H20N2O3. The average Bonchev–Trinajstić information content (AvgIpc) is 2.56. The minimum Gasteiger partial charge on any atom is -0.504 e. The van der Waals surface area contributed by atoms with E-state index in [2.05, 4.69) is 5.32 Å². The van der Waals surface area contributed by atoms with Crippen molar-refractivity contribution in [3.63, 3.8) is 0 Å². The van der Waals surface area contributed by atoms with Gasteiger partial charge in [0, 0.05) is 17.3 Å². The number of benzene rings is 2. The fraction of sp³-hybridized carbons (Fsp3) is 0.278. The van der Waals surface area contributed by atoms with Crippen molar-refractivity contribution in [3.05, 3.63) is 53.6 Å². The summed E-state index contributed by atoms with van der Waals surface area (Å²) in [4.78, 5) is 14.7. The SMILES string of the molecule is CC[C@@H](C)N1C(=O)c2ccccc2N[C@H]1c1cccc(O)c1O. The van der Waals surface area contributed by atoms with E-state index >= 15 is 0 Å². The summed E-state index contributed by atoms with van der Waals surface area (Å²) in [5, 5.41) is 23.3. The minimum absolute atomic E-state index is 0.0184. The number of hydrogen-bond acceptors (Lipinski definition) is 4. The molecule has 3 N–H and O–H groups in total. The molecule has 1 aliphatic rings. The van der Waals surface area contributed by atoms with Crippen molar-refractivity contribution in [2.75, 3.05) is 5.32 Å². The number of anilines is 1. The van der Waals surface area contributed by atoms with Crippen molar-refractivity contribution in [2.45, 2.75) is 32.5 Å². The number of phenols is 2. The highest BCUT2D eigenvalue weighted by Gasteiger charge is 2.36. The summed E-state index contributed by atoms with van der Waals surface area (Å²) in [6.07, 6.45) is 0.255. The average molecular weight is 312 g/mol. The molecule has 0 bridgehead atoms. The Morgan fingerprint density at radius 1 is 1.17 bits per heavy atom. The molecule has 2 atom stereocenters. The number of amides is 1. The van der Waals surface area contributed by atoms with E-state index in [0.717, 1.165) is 12.1 Å². The smallest absolute Gasteiger partial charge is 0.258 e. The summed E-state index contributed by atoms with van der Waals surface area (Å²) in [5.41, 5.74) is 1.82. The Morgan fingerprint density at radius 2 is 1.91 bits per heavy atom. The zero-order valence-corrected chi connectivity index (χ0v) is 13.2. The first-order valence-electron chi connectivity index (χ1n) is 7.73. The molecule has 1 aliphatic heterocycles. The van der Waals surface area contributed by atoms with Gasteiger partial charge < -0.3 is 20.4 Å². The van der Waals surface area contributed by atoms with Gasteiger partial charge in [-0.3, -0.25) is 4.79 Å². The number of nitrogens with one attached hydrogen (secondary N) is 1. The lowest BCUT2D eigenvalue weighted by Crippen LogP contribution is -2.47. The summed E-state index contributed by atoms with van der Waals surface area (Å²) in [6, 6.07) is 12.1. The Hall–Kier alpha value is -2.69. The number of hydrogen-bond donors (Lipinski definition) is 3. The first-order valence-corrected chi connectivity index (χ1v) is 7.73. The topological polar surface area (TPSA) is 72.8 Å². The minimum atomic E-state index is -0.528. The highest BCUT2D eigenvalue weighted by atomic mass is 16.3. The van der Waals surface area contributed by atoms with Crippen LogP contribution in [0.4, 0.5) is 5.69 Å². The van der Waals surface area contributed by atoms with Crippen molar-refractivity contribution >= 4 is 11.6 Å². The lowest BCUT2D eigenvalue weighted by molar-refractivity contribution is 0.0591. The van der Waals surface area contributed by atoms with Gasteiger partial charge in [0.2, 0.25) is 0 Å². The molecule has 0 aliphatic carbocycles. The summed E-state index contributed by atoms with van der Waals surface area (Å²) < 4.78 is 0. The predicted octanol–water partition coefficient (Wildman–Crippen LogP) is 3.46. The summed E-state index contributed by atoms with van der Waals surface area (Å²) in [5.74, 6) is -0.480. The summed E-state index contributed by atoms with van der Waals surface area (Å²) in [7, 11) is 0. The van der Waals surface area contributed by atoms with Crippen LogP contribution in [-0.2, 0) is 0 Å². The molecule has 23 heavy (non-hydrogen) atoms. The van der Waals surface area contributed by atoms with Crippen molar-refractivity contribution < 1.29 is 15.0 Å². The van der Waals surface area contributed by atoms with E-state index in [9.17, 15) is 15.0 Å². The van der Waals surface area contributed by atoms with Gasteiger partial charge in [-0.05, 0) is 31.5 Å². The van der Waals surface area contributed by atoms with E-state index in [1.807, 2.05) is 32.0 Å². The second kappa shape index (κ2) is 5.83. The third kappa shape index (κ3) is 2.48. The number of carbonyl (C=O) groups is 1. The number of nitrogens with zero attached hydrogens (tertiary/aromatic N) is 1. The molecule has 120 valence electrons. The number of aromatic hydroxyl groups is 2. The molecule has 0 radical (unpaired) electrons. The largest absolute Gasteiger partial charge is 0.504 e. The van der Waals surface area contributed by atoms with Crippen LogP contribution in [0.5, 0.6) is 11.5 Å². The fourth-order valence-electron chi connectivity index (χ4n) is 2.92. The first kappa shape index (κ1) is 15.2. The maximum absolute atomic E-state index is 12.9. The molecule has 0 saturated carbocycles. The van der Waals surface area contributed by atoms with Crippen molar-refractivity contribution in [1.82, 2.24) is 4.90 Å². The molecule has 0 saturated heterocycles. The van der Waals surface area contributed by atoms with Crippen LogP contribution >= 0.6 is 0 Å². The van der Waals surface area contributed by atoms with E-state index in [0.29, 0.717) is 11.1 Å². The third-order valence-electron chi connectivity index (χ3n) is 4.37. The van der Waals surface area contributed by atoms with Gasteiger partial charge in [-0.15, -0.1) is 0 Å².